The fraction of sp³-hybridized carbons (Fsp3) is 0.333. The van der Waals surface area contributed by atoms with Crippen LogP contribution in [0.25, 0.3) is 0 Å². The Kier molecular flexibility index (Phi) is 4.59. The van der Waals surface area contributed by atoms with Crippen LogP contribution < -0.4 is 5.32 Å². The highest BCUT2D eigenvalue weighted by molar-refractivity contribution is 6.40. The lowest BCUT2D eigenvalue weighted by molar-refractivity contribution is 0.0508. The van der Waals surface area contributed by atoms with Crippen molar-refractivity contribution in [1.82, 2.24) is 5.32 Å². The fourth-order valence-corrected chi connectivity index (χ4v) is 1.74. The average Bonchev–Trinajstić information content (AvgIpc) is 2.13. The minimum Gasteiger partial charge on any atom is -0.444 e. The third-order valence-electron chi connectivity index (χ3n) is 1.80. The number of nitrogens with one attached hydrogen (secondary N) is 1. The van der Waals surface area contributed by atoms with E-state index in [1.54, 1.807) is 26.8 Å². The van der Waals surface area contributed by atoms with E-state index >= 15 is 0 Å². The number of rotatable bonds is 1. The molecule has 0 spiro atoms. The van der Waals surface area contributed by atoms with Crippen LogP contribution in [-0.2, 0) is 4.74 Å². The second-order valence-corrected chi connectivity index (χ2v) is 5.37. The number of alkyl carbamates (subject to hydrolysis) is 1. The number of carbonyl (C=O) groups excluding carboxylic acids is 2. The first kappa shape index (κ1) is 14.8. The van der Waals surface area contributed by atoms with E-state index in [0.717, 1.165) is 0 Å². The number of benzene rings is 1. The maximum absolute atomic E-state index is 11.8. The summed E-state index contributed by atoms with van der Waals surface area (Å²) in [5.74, 6) is -0.695. The molecular formula is C12H13Cl2NO3. The summed E-state index contributed by atoms with van der Waals surface area (Å²) in [5, 5.41) is 2.41. The first-order valence-electron chi connectivity index (χ1n) is 5.19. The van der Waals surface area contributed by atoms with Crippen LogP contribution in [0.2, 0.25) is 10.0 Å². The van der Waals surface area contributed by atoms with Gasteiger partial charge in [-0.25, -0.2) is 4.79 Å². The normalized spacial score (nSPS) is 10.9. The van der Waals surface area contributed by atoms with Gasteiger partial charge in [-0.1, -0.05) is 29.3 Å². The summed E-state index contributed by atoms with van der Waals surface area (Å²) in [6.07, 6.45) is -0.844. The fourth-order valence-electron chi connectivity index (χ4n) is 1.17. The Morgan fingerprint density at radius 1 is 1.17 bits per heavy atom. The van der Waals surface area contributed by atoms with E-state index in [0.29, 0.717) is 0 Å². The van der Waals surface area contributed by atoms with Crippen molar-refractivity contribution in [2.75, 3.05) is 0 Å². The van der Waals surface area contributed by atoms with Gasteiger partial charge < -0.3 is 4.74 Å². The second-order valence-electron chi connectivity index (χ2n) is 4.55. The second kappa shape index (κ2) is 5.59. The van der Waals surface area contributed by atoms with Crippen LogP contribution in [0.3, 0.4) is 0 Å². The van der Waals surface area contributed by atoms with Gasteiger partial charge in [-0.3, -0.25) is 10.1 Å². The van der Waals surface area contributed by atoms with Crippen LogP contribution in [0, 0.1) is 0 Å². The van der Waals surface area contributed by atoms with Crippen molar-refractivity contribution < 1.29 is 14.3 Å². The molecule has 0 saturated heterocycles. The maximum Gasteiger partial charge on any atom is 0.414 e. The average molecular weight is 290 g/mol. The zero-order valence-electron chi connectivity index (χ0n) is 10.2. The molecule has 0 fully saturated rings. The molecule has 0 aliphatic rings. The number of halogens is 2. The van der Waals surface area contributed by atoms with Crippen molar-refractivity contribution >= 4 is 35.2 Å². The smallest absolute Gasteiger partial charge is 0.414 e. The Balaban J connectivity index is 2.81. The molecule has 6 heteroatoms. The summed E-state index contributed by atoms with van der Waals surface area (Å²) in [7, 11) is 0. The molecule has 1 aromatic carbocycles. The highest BCUT2D eigenvalue weighted by atomic mass is 35.5. The van der Waals surface area contributed by atoms with Crippen molar-refractivity contribution in [1.29, 1.82) is 0 Å². The number of hydrogen-bond donors (Lipinski definition) is 1. The Hall–Kier alpha value is -1.26. The van der Waals surface area contributed by atoms with Crippen molar-refractivity contribution in [2.24, 2.45) is 0 Å². The molecule has 18 heavy (non-hydrogen) atoms. The van der Waals surface area contributed by atoms with Gasteiger partial charge >= 0.3 is 6.09 Å². The number of ether oxygens (including phenoxy) is 1. The van der Waals surface area contributed by atoms with Gasteiger partial charge in [-0.05, 0) is 32.9 Å². The summed E-state index contributed by atoms with van der Waals surface area (Å²) < 4.78 is 4.95. The standard InChI is InChI=1S/C12H13Cl2NO3/c1-12(2,3)18-11(17)15-10(16)9-7(13)5-4-6-8(9)14/h4-6H,1-3H3,(H,15,16,17). The Morgan fingerprint density at radius 2 is 1.67 bits per heavy atom. The summed E-state index contributed by atoms with van der Waals surface area (Å²) >= 11 is 11.7. The monoisotopic (exact) mass is 289 g/mol. The van der Waals surface area contributed by atoms with Crippen LogP contribution in [-0.4, -0.2) is 17.6 Å². The molecule has 0 aliphatic heterocycles. The Labute approximate surface area is 115 Å². The zero-order chi connectivity index (χ0) is 13.9. The number of imide groups is 1. The van der Waals surface area contributed by atoms with E-state index in [2.05, 4.69) is 5.32 Å². The summed E-state index contributed by atoms with van der Waals surface area (Å²) in [6.45, 7) is 5.08. The molecule has 0 aromatic heterocycles. The number of hydrogen-bond acceptors (Lipinski definition) is 3. The third kappa shape index (κ3) is 4.20. The van der Waals surface area contributed by atoms with Gasteiger partial charge in [0.1, 0.15) is 5.60 Å². The molecule has 0 aliphatic carbocycles. The summed E-state index contributed by atoms with van der Waals surface area (Å²) in [6, 6.07) is 4.63. The van der Waals surface area contributed by atoms with Gasteiger partial charge in [-0.2, -0.15) is 0 Å². The molecule has 0 bridgehead atoms. The van der Waals surface area contributed by atoms with Crippen molar-refractivity contribution in [3.63, 3.8) is 0 Å². The van der Waals surface area contributed by atoms with E-state index < -0.39 is 17.6 Å². The van der Waals surface area contributed by atoms with Gasteiger partial charge in [0, 0.05) is 0 Å². The topological polar surface area (TPSA) is 55.4 Å². The quantitative estimate of drug-likeness (QED) is 0.858. The predicted molar refractivity (Wildman–Crippen MR) is 70.2 cm³/mol. The van der Waals surface area contributed by atoms with Crippen LogP contribution in [0.5, 0.6) is 0 Å². The van der Waals surface area contributed by atoms with Crippen molar-refractivity contribution in [3.8, 4) is 0 Å². The molecule has 2 amide bonds. The summed E-state index contributed by atoms with van der Waals surface area (Å²) in [4.78, 5) is 23.2. The molecule has 1 N–H and O–H groups in total. The molecule has 4 nitrogen and oxygen atoms in total. The van der Waals surface area contributed by atoms with E-state index in [1.165, 1.54) is 12.1 Å². The van der Waals surface area contributed by atoms with E-state index in [1.807, 2.05) is 0 Å². The van der Waals surface area contributed by atoms with Crippen LogP contribution in [0.4, 0.5) is 4.79 Å². The van der Waals surface area contributed by atoms with Crippen LogP contribution >= 0.6 is 23.2 Å². The first-order valence-corrected chi connectivity index (χ1v) is 5.94. The molecule has 0 unspecified atom stereocenters. The van der Waals surface area contributed by atoms with Crippen molar-refractivity contribution in [2.45, 2.75) is 26.4 Å². The number of amides is 2. The third-order valence-corrected chi connectivity index (χ3v) is 2.43. The number of carbonyl (C=O) groups is 2. The lowest BCUT2D eigenvalue weighted by Gasteiger charge is -2.19. The minimum atomic E-state index is -0.844. The largest absolute Gasteiger partial charge is 0.444 e. The predicted octanol–water partition coefficient (Wildman–Crippen LogP) is 3.66. The zero-order valence-corrected chi connectivity index (χ0v) is 11.7. The lowest BCUT2D eigenvalue weighted by Crippen LogP contribution is -2.36. The van der Waals surface area contributed by atoms with Gasteiger partial charge in [0.15, 0.2) is 0 Å². The minimum absolute atomic E-state index is 0.0479. The lowest BCUT2D eigenvalue weighted by atomic mass is 10.2. The van der Waals surface area contributed by atoms with Crippen LogP contribution in [0.1, 0.15) is 31.1 Å². The van der Waals surface area contributed by atoms with E-state index in [-0.39, 0.29) is 15.6 Å². The highest BCUT2D eigenvalue weighted by Crippen LogP contribution is 2.24. The Morgan fingerprint density at radius 3 is 2.11 bits per heavy atom. The molecule has 1 rings (SSSR count). The molecular weight excluding hydrogens is 277 g/mol. The molecule has 0 heterocycles. The molecule has 0 radical (unpaired) electrons. The maximum atomic E-state index is 11.8. The molecule has 0 atom stereocenters. The van der Waals surface area contributed by atoms with Gasteiger partial charge in [0.2, 0.25) is 0 Å². The molecule has 0 saturated carbocycles. The van der Waals surface area contributed by atoms with Gasteiger partial charge in [0.25, 0.3) is 5.91 Å². The SMILES string of the molecule is CC(C)(C)OC(=O)NC(=O)c1c(Cl)cccc1Cl. The highest BCUT2D eigenvalue weighted by Gasteiger charge is 2.21. The van der Waals surface area contributed by atoms with Crippen LogP contribution in [0.15, 0.2) is 18.2 Å². The Bertz CT molecular complexity index is 460. The van der Waals surface area contributed by atoms with E-state index in [4.69, 9.17) is 27.9 Å². The first-order chi connectivity index (χ1) is 8.20. The van der Waals surface area contributed by atoms with Gasteiger partial charge in [0.05, 0.1) is 15.6 Å². The van der Waals surface area contributed by atoms with E-state index in [9.17, 15) is 9.59 Å². The molecule has 1 aromatic rings. The molecule has 98 valence electrons. The van der Waals surface area contributed by atoms with Gasteiger partial charge in [-0.15, -0.1) is 0 Å². The van der Waals surface area contributed by atoms with Crippen molar-refractivity contribution in [3.05, 3.63) is 33.8 Å². The summed E-state index contributed by atoms with van der Waals surface area (Å²) in [5.41, 5.74) is -0.638.